The molecule has 1 saturated carbocycles. The van der Waals surface area contributed by atoms with E-state index in [2.05, 4.69) is 19.2 Å². The van der Waals surface area contributed by atoms with Crippen molar-refractivity contribution in [2.45, 2.75) is 46.1 Å². The number of rotatable bonds is 3. The predicted octanol–water partition coefficient (Wildman–Crippen LogP) is 1.05. The van der Waals surface area contributed by atoms with Gasteiger partial charge in [-0.3, -0.25) is 9.59 Å². The van der Waals surface area contributed by atoms with E-state index in [4.69, 9.17) is 5.73 Å². The molecule has 0 radical (unpaired) electrons. The van der Waals surface area contributed by atoms with Crippen molar-refractivity contribution in [2.24, 2.45) is 23.5 Å². The van der Waals surface area contributed by atoms with E-state index in [9.17, 15) is 9.59 Å². The second-order valence-corrected chi connectivity index (χ2v) is 5.25. The minimum Gasteiger partial charge on any atom is -0.368 e. The molecule has 1 aliphatic carbocycles. The summed E-state index contributed by atoms with van der Waals surface area (Å²) in [6, 6.07) is -0.569. The zero-order valence-corrected chi connectivity index (χ0v) is 10.3. The first-order valence-electron chi connectivity index (χ1n) is 5.99. The van der Waals surface area contributed by atoms with Gasteiger partial charge in [-0.1, -0.05) is 13.8 Å². The standard InChI is InChI=1S/C12H22N2O2/c1-7-4-8(2)6-10(5-7)12(16)14-9(3)11(13)15/h7-10H,4-6H2,1-3H3,(H2,13,15)(H,14,16)/t7-,8+,9-,10?/m0/s1. The minimum atomic E-state index is -0.569. The molecule has 0 aromatic rings. The molecule has 0 bridgehead atoms. The predicted molar refractivity (Wildman–Crippen MR) is 62.5 cm³/mol. The monoisotopic (exact) mass is 226 g/mol. The second-order valence-electron chi connectivity index (χ2n) is 5.25. The van der Waals surface area contributed by atoms with Crippen LogP contribution in [0, 0.1) is 17.8 Å². The van der Waals surface area contributed by atoms with Gasteiger partial charge in [-0.25, -0.2) is 0 Å². The van der Waals surface area contributed by atoms with Gasteiger partial charge in [0.1, 0.15) is 6.04 Å². The van der Waals surface area contributed by atoms with E-state index < -0.39 is 11.9 Å². The highest BCUT2D eigenvalue weighted by atomic mass is 16.2. The van der Waals surface area contributed by atoms with E-state index in [1.165, 1.54) is 6.42 Å². The molecule has 1 unspecified atom stereocenters. The van der Waals surface area contributed by atoms with Crippen LogP contribution in [0.25, 0.3) is 0 Å². The van der Waals surface area contributed by atoms with Crippen LogP contribution in [-0.4, -0.2) is 17.9 Å². The number of hydrogen-bond acceptors (Lipinski definition) is 2. The van der Waals surface area contributed by atoms with E-state index >= 15 is 0 Å². The van der Waals surface area contributed by atoms with Crippen LogP contribution in [0.1, 0.15) is 40.0 Å². The maximum Gasteiger partial charge on any atom is 0.239 e. The molecule has 1 aliphatic rings. The summed E-state index contributed by atoms with van der Waals surface area (Å²) in [5, 5.41) is 2.68. The Morgan fingerprint density at radius 1 is 1.19 bits per heavy atom. The highest BCUT2D eigenvalue weighted by Gasteiger charge is 2.29. The van der Waals surface area contributed by atoms with Crippen molar-refractivity contribution >= 4 is 11.8 Å². The zero-order chi connectivity index (χ0) is 12.3. The Hall–Kier alpha value is -1.06. The van der Waals surface area contributed by atoms with Gasteiger partial charge in [-0.2, -0.15) is 0 Å². The number of nitrogens with one attached hydrogen (secondary N) is 1. The Bertz CT molecular complexity index is 268. The van der Waals surface area contributed by atoms with Crippen LogP contribution in [0.3, 0.4) is 0 Å². The summed E-state index contributed by atoms with van der Waals surface area (Å²) in [7, 11) is 0. The third kappa shape index (κ3) is 3.51. The van der Waals surface area contributed by atoms with Crippen molar-refractivity contribution in [3.8, 4) is 0 Å². The van der Waals surface area contributed by atoms with Crippen molar-refractivity contribution in [3.05, 3.63) is 0 Å². The van der Waals surface area contributed by atoms with Gasteiger partial charge in [0.05, 0.1) is 0 Å². The molecule has 0 saturated heterocycles. The summed E-state index contributed by atoms with van der Waals surface area (Å²) in [5.41, 5.74) is 5.11. The molecule has 2 amide bonds. The molecule has 1 rings (SSSR count). The highest BCUT2D eigenvalue weighted by molar-refractivity contribution is 5.87. The molecule has 16 heavy (non-hydrogen) atoms. The number of carbonyl (C=O) groups is 2. The molecule has 0 aromatic heterocycles. The lowest BCUT2D eigenvalue weighted by Crippen LogP contribution is -2.45. The number of carbonyl (C=O) groups excluding carboxylic acids is 2. The topological polar surface area (TPSA) is 72.2 Å². The average Bonchev–Trinajstić information content (AvgIpc) is 2.15. The van der Waals surface area contributed by atoms with Crippen LogP contribution in [0.4, 0.5) is 0 Å². The molecule has 4 nitrogen and oxygen atoms in total. The molecular weight excluding hydrogens is 204 g/mol. The summed E-state index contributed by atoms with van der Waals surface area (Å²) in [6.07, 6.45) is 3.03. The third-order valence-electron chi connectivity index (χ3n) is 3.33. The maximum atomic E-state index is 11.9. The van der Waals surface area contributed by atoms with Crippen LogP contribution in [-0.2, 0) is 9.59 Å². The Kier molecular flexibility index (Phi) is 4.33. The Labute approximate surface area is 97.0 Å². The normalized spacial score (nSPS) is 31.8. The summed E-state index contributed by atoms with van der Waals surface area (Å²) >= 11 is 0. The number of amides is 2. The van der Waals surface area contributed by atoms with Gasteiger partial charge in [0, 0.05) is 5.92 Å². The van der Waals surface area contributed by atoms with Crippen molar-refractivity contribution in [3.63, 3.8) is 0 Å². The van der Waals surface area contributed by atoms with Crippen molar-refractivity contribution in [1.29, 1.82) is 0 Å². The fourth-order valence-electron chi connectivity index (χ4n) is 2.56. The van der Waals surface area contributed by atoms with Gasteiger partial charge in [-0.15, -0.1) is 0 Å². The summed E-state index contributed by atoms with van der Waals surface area (Å²) < 4.78 is 0. The SMILES string of the molecule is C[C@@H]1CC(C(=O)N[C@@H](C)C(N)=O)C[C@H](C)C1. The fourth-order valence-corrected chi connectivity index (χ4v) is 2.56. The van der Waals surface area contributed by atoms with Gasteiger partial charge >= 0.3 is 0 Å². The first-order chi connectivity index (χ1) is 7.40. The van der Waals surface area contributed by atoms with Gasteiger partial charge in [0.25, 0.3) is 0 Å². The Balaban J connectivity index is 2.50. The van der Waals surface area contributed by atoms with Crippen molar-refractivity contribution in [1.82, 2.24) is 5.32 Å². The van der Waals surface area contributed by atoms with Gasteiger partial charge in [0.2, 0.25) is 11.8 Å². The van der Waals surface area contributed by atoms with Gasteiger partial charge < -0.3 is 11.1 Å². The molecule has 92 valence electrons. The van der Waals surface area contributed by atoms with Crippen LogP contribution >= 0.6 is 0 Å². The van der Waals surface area contributed by atoms with Gasteiger partial charge in [-0.05, 0) is 38.0 Å². The highest BCUT2D eigenvalue weighted by Crippen LogP contribution is 2.32. The van der Waals surface area contributed by atoms with E-state index in [1.807, 2.05) is 0 Å². The minimum absolute atomic E-state index is 0.0234. The Morgan fingerprint density at radius 3 is 2.12 bits per heavy atom. The number of hydrogen-bond donors (Lipinski definition) is 2. The molecule has 1 fully saturated rings. The molecule has 3 N–H and O–H groups in total. The summed E-state index contributed by atoms with van der Waals surface area (Å²) in [4.78, 5) is 22.7. The van der Waals surface area contributed by atoms with Crippen LogP contribution in [0.2, 0.25) is 0 Å². The quantitative estimate of drug-likeness (QED) is 0.755. The van der Waals surface area contributed by atoms with Crippen molar-refractivity contribution < 1.29 is 9.59 Å². The lowest BCUT2D eigenvalue weighted by Gasteiger charge is -2.31. The van der Waals surface area contributed by atoms with E-state index in [1.54, 1.807) is 6.92 Å². The third-order valence-corrected chi connectivity index (χ3v) is 3.33. The number of nitrogens with two attached hydrogens (primary N) is 1. The zero-order valence-electron chi connectivity index (χ0n) is 10.3. The lowest BCUT2D eigenvalue weighted by molar-refractivity contribution is -0.131. The van der Waals surface area contributed by atoms with E-state index in [0.29, 0.717) is 11.8 Å². The van der Waals surface area contributed by atoms with E-state index in [-0.39, 0.29) is 11.8 Å². The molecule has 0 aliphatic heterocycles. The maximum absolute atomic E-state index is 11.9. The Morgan fingerprint density at radius 2 is 1.69 bits per heavy atom. The largest absolute Gasteiger partial charge is 0.368 e. The van der Waals surface area contributed by atoms with Crippen LogP contribution < -0.4 is 11.1 Å². The molecule has 0 spiro atoms. The molecule has 0 heterocycles. The molecule has 0 aromatic carbocycles. The average molecular weight is 226 g/mol. The van der Waals surface area contributed by atoms with Crippen molar-refractivity contribution in [2.75, 3.05) is 0 Å². The summed E-state index contributed by atoms with van der Waals surface area (Å²) in [6.45, 7) is 5.97. The second kappa shape index (κ2) is 5.32. The fraction of sp³-hybridized carbons (Fsp3) is 0.833. The first-order valence-corrected chi connectivity index (χ1v) is 5.99. The van der Waals surface area contributed by atoms with Crippen LogP contribution in [0.15, 0.2) is 0 Å². The first kappa shape index (κ1) is 13.0. The molecule has 4 heteroatoms. The number of primary amides is 1. The molecular formula is C12H22N2O2. The van der Waals surface area contributed by atoms with Gasteiger partial charge in [0.15, 0.2) is 0 Å². The van der Waals surface area contributed by atoms with Crippen LogP contribution in [0.5, 0.6) is 0 Å². The smallest absolute Gasteiger partial charge is 0.239 e. The van der Waals surface area contributed by atoms with E-state index in [0.717, 1.165) is 12.8 Å². The lowest BCUT2D eigenvalue weighted by atomic mass is 9.76. The molecule has 4 atom stereocenters. The summed E-state index contributed by atoms with van der Waals surface area (Å²) in [5.74, 6) is 0.710.